The molecule has 0 radical (unpaired) electrons. The number of nitrogens with zero attached hydrogens (tertiary/aromatic N) is 2. The highest BCUT2D eigenvalue weighted by molar-refractivity contribution is 5.54. The summed E-state index contributed by atoms with van der Waals surface area (Å²) in [4.78, 5) is 4.91. The molecular weight excluding hydrogens is 232 g/mol. The van der Waals surface area contributed by atoms with Gasteiger partial charge in [-0.15, -0.1) is 0 Å². The van der Waals surface area contributed by atoms with Crippen molar-refractivity contribution in [1.82, 2.24) is 4.90 Å². The highest BCUT2D eigenvalue weighted by Gasteiger charge is 2.16. The summed E-state index contributed by atoms with van der Waals surface area (Å²) in [7, 11) is 4.33. The van der Waals surface area contributed by atoms with Gasteiger partial charge in [-0.1, -0.05) is 31.5 Å². The van der Waals surface area contributed by atoms with E-state index in [2.05, 4.69) is 55.1 Å². The van der Waals surface area contributed by atoms with Crippen molar-refractivity contribution in [2.24, 2.45) is 5.92 Å². The van der Waals surface area contributed by atoms with Crippen LogP contribution in [0.1, 0.15) is 31.7 Å². The predicted molar refractivity (Wildman–Crippen MR) is 83.9 cm³/mol. The molecule has 0 saturated carbocycles. The Labute approximate surface area is 118 Å². The topological polar surface area (TPSA) is 6.48 Å². The Morgan fingerprint density at radius 3 is 2.74 bits per heavy atom. The lowest BCUT2D eigenvalue weighted by Gasteiger charge is -2.32. The molecule has 0 amide bonds. The Balaban J connectivity index is 2.10. The van der Waals surface area contributed by atoms with Crippen LogP contribution in [0.5, 0.6) is 0 Å². The third-order valence-corrected chi connectivity index (χ3v) is 3.92. The molecule has 1 unspecified atom stereocenters. The van der Waals surface area contributed by atoms with Gasteiger partial charge in [-0.05, 0) is 50.9 Å². The maximum atomic E-state index is 2.61. The highest BCUT2D eigenvalue weighted by atomic mass is 15.1. The maximum absolute atomic E-state index is 2.61. The molecule has 2 rings (SSSR count). The molecular formula is C17H28N2. The number of rotatable bonds is 4. The molecule has 1 aliphatic heterocycles. The van der Waals surface area contributed by atoms with Crippen LogP contribution in [-0.4, -0.2) is 38.6 Å². The van der Waals surface area contributed by atoms with Crippen LogP contribution in [0.15, 0.2) is 24.3 Å². The van der Waals surface area contributed by atoms with E-state index in [9.17, 15) is 0 Å². The van der Waals surface area contributed by atoms with Crippen LogP contribution in [0, 0.1) is 5.92 Å². The minimum Gasteiger partial charge on any atom is -0.371 e. The summed E-state index contributed by atoms with van der Waals surface area (Å²) in [6.45, 7) is 5.92. The minimum absolute atomic E-state index is 0.711. The zero-order valence-electron chi connectivity index (χ0n) is 12.7. The molecule has 2 nitrogen and oxygen atoms in total. The van der Waals surface area contributed by atoms with Gasteiger partial charge in [0.1, 0.15) is 0 Å². The average Bonchev–Trinajstić information content (AvgIpc) is 2.33. The SMILES string of the molecule is CC(CN(C)C)CN1CCCCCc2ccccc21. The number of benzene rings is 1. The van der Waals surface area contributed by atoms with Gasteiger partial charge in [-0.2, -0.15) is 0 Å². The van der Waals surface area contributed by atoms with Crippen LogP contribution in [0.2, 0.25) is 0 Å². The molecule has 2 heteroatoms. The first-order valence-electron chi connectivity index (χ1n) is 7.64. The maximum Gasteiger partial charge on any atom is 0.0398 e. The molecule has 1 aromatic rings. The third kappa shape index (κ3) is 4.24. The summed E-state index contributed by atoms with van der Waals surface area (Å²) in [5, 5.41) is 0. The van der Waals surface area contributed by atoms with Gasteiger partial charge in [0.25, 0.3) is 0 Å². The summed E-state index contributed by atoms with van der Waals surface area (Å²) in [6, 6.07) is 8.99. The molecule has 106 valence electrons. The molecule has 0 aromatic heterocycles. The Morgan fingerprint density at radius 1 is 1.16 bits per heavy atom. The van der Waals surface area contributed by atoms with Gasteiger partial charge in [-0.3, -0.25) is 0 Å². The van der Waals surface area contributed by atoms with Crippen LogP contribution < -0.4 is 4.90 Å². The van der Waals surface area contributed by atoms with E-state index in [0.717, 1.165) is 0 Å². The van der Waals surface area contributed by atoms with Crippen molar-refractivity contribution in [3.8, 4) is 0 Å². The standard InChI is InChI=1S/C17H28N2/c1-15(13-18(2)3)14-19-12-8-4-5-9-16-10-6-7-11-17(16)19/h6-7,10-11,15H,4-5,8-9,12-14H2,1-3H3. The van der Waals surface area contributed by atoms with Gasteiger partial charge < -0.3 is 9.80 Å². The summed E-state index contributed by atoms with van der Waals surface area (Å²) in [5.41, 5.74) is 3.02. The van der Waals surface area contributed by atoms with Crippen molar-refractivity contribution < 1.29 is 0 Å². The summed E-state index contributed by atoms with van der Waals surface area (Å²) in [6.07, 6.45) is 5.29. The fourth-order valence-corrected chi connectivity index (χ4v) is 3.19. The van der Waals surface area contributed by atoms with Crippen LogP contribution in [0.3, 0.4) is 0 Å². The Kier molecular flexibility index (Phi) is 5.26. The number of aryl methyl sites for hydroxylation is 1. The van der Waals surface area contributed by atoms with E-state index in [1.807, 2.05) is 0 Å². The summed E-state index contributed by atoms with van der Waals surface area (Å²) < 4.78 is 0. The van der Waals surface area contributed by atoms with Gasteiger partial charge in [0.2, 0.25) is 0 Å². The molecule has 1 heterocycles. The Bertz CT molecular complexity index is 387. The molecule has 0 fully saturated rings. The predicted octanol–water partition coefficient (Wildman–Crippen LogP) is 3.42. The largest absolute Gasteiger partial charge is 0.371 e. The first-order valence-corrected chi connectivity index (χ1v) is 7.64. The molecule has 0 spiro atoms. The molecule has 0 saturated heterocycles. The second kappa shape index (κ2) is 6.95. The van der Waals surface area contributed by atoms with Crippen LogP contribution in [0.4, 0.5) is 5.69 Å². The summed E-state index contributed by atoms with van der Waals surface area (Å²) >= 11 is 0. The molecule has 19 heavy (non-hydrogen) atoms. The average molecular weight is 260 g/mol. The Hall–Kier alpha value is -1.02. The highest BCUT2D eigenvalue weighted by Crippen LogP contribution is 2.26. The van der Waals surface area contributed by atoms with Crippen molar-refractivity contribution in [3.63, 3.8) is 0 Å². The van der Waals surface area contributed by atoms with Gasteiger partial charge in [0.15, 0.2) is 0 Å². The van der Waals surface area contributed by atoms with E-state index in [-0.39, 0.29) is 0 Å². The number of hydrogen-bond acceptors (Lipinski definition) is 2. The second-order valence-corrected chi connectivity index (χ2v) is 6.25. The van der Waals surface area contributed by atoms with E-state index < -0.39 is 0 Å². The number of anilines is 1. The van der Waals surface area contributed by atoms with Crippen molar-refractivity contribution in [2.75, 3.05) is 38.6 Å². The third-order valence-electron chi connectivity index (χ3n) is 3.92. The smallest absolute Gasteiger partial charge is 0.0398 e. The molecule has 1 aliphatic rings. The van der Waals surface area contributed by atoms with Crippen LogP contribution in [-0.2, 0) is 6.42 Å². The second-order valence-electron chi connectivity index (χ2n) is 6.25. The van der Waals surface area contributed by atoms with E-state index in [1.54, 1.807) is 5.56 Å². The molecule has 1 aromatic carbocycles. The van der Waals surface area contributed by atoms with E-state index >= 15 is 0 Å². The number of fused-ring (bicyclic) bond motifs is 1. The molecule has 0 N–H and O–H groups in total. The van der Waals surface area contributed by atoms with E-state index in [0.29, 0.717) is 5.92 Å². The minimum atomic E-state index is 0.711. The van der Waals surface area contributed by atoms with Gasteiger partial charge in [-0.25, -0.2) is 0 Å². The molecule has 1 atom stereocenters. The first-order chi connectivity index (χ1) is 9.16. The lowest BCUT2D eigenvalue weighted by atomic mass is 10.00. The zero-order chi connectivity index (χ0) is 13.7. The fraction of sp³-hybridized carbons (Fsp3) is 0.647. The van der Waals surface area contributed by atoms with Crippen LogP contribution in [0.25, 0.3) is 0 Å². The fourth-order valence-electron chi connectivity index (χ4n) is 3.19. The number of hydrogen-bond donors (Lipinski definition) is 0. The Morgan fingerprint density at radius 2 is 1.95 bits per heavy atom. The van der Waals surface area contributed by atoms with Crippen LogP contribution >= 0.6 is 0 Å². The lowest BCUT2D eigenvalue weighted by molar-refractivity contribution is 0.338. The lowest BCUT2D eigenvalue weighted by Crippen LogP contribution is -2.35. The molecule has 0 bridgehead atoms. The van der Waals surface area contributed by atoms with Gasteiger partial charge in [0.05, 0.1) is 0 Å². The first kappa shape index (κ1) is 14.4. The van der Waals surface area contributed by atoms with Gasteiger partial charge in [0, 0.05) is 25.3 Å². The van der Waals surface area contributed by atoms with Crippen molar-refractivity contribution in [3.05, 3.63) is 29.8 Å². The zero-order valence-corrected chi connectivity index (χ0v) is 12.7. The number of para-hydroxylation sites is 1. The normalized spacial score (nSPS) is 17.8. The quantitative estimate of drug-likeness (QED) is 0.818. The summed E-state index contributed by atoms with van der Waals surface area (Å²) in [5.74, 6) is 0.711. The van der Waals surface area contributed by atoms with Crippen molar-refractivity contribution in [1.29, 1.82) is 0 Å². The van der Waals surface area contributed by atoms with E-state index in [1.165, 1.54) is 51.0 Å². The van der Waals surface area contributed by atoms with Crippen molar-refractivity contribution >= 4 is 5.69 Å². The monoisotopic (exact) mass is 260 g/mol. The van der Waals surface area contributed by atoms with Gasteiger partial charge >= 0.3 is 0 Å². The van der Waals surface area contributed by atoms with Crippen molar-refractivity contribution in [2.45, 2.75) is 32.6 Å². The molecule has 0 aliphatic carbocycles. The van der Waals surface area contributed by atoms with E-state index in [4.69, 9.17) is 0 Å².